The second-order valence-corrected chi connectivity index (χ2v) is 4.13. The molecule has 0 spiro atoms. The van der Waals surface area contributed by atoms with E-state index in [0.717, 1.165) is 26.1 Å². The van der Waals surface area contributed by atoms with Crippen LogP contribution in [0.1, 0.15) is 18.9 Å². The first-order chi connectivity index (χ1) is 8.76. The van der Waals surface area contributed by atoms with E-state index in [9.17, 15) is 4.79 Å². The van der Waals surface area contributed by atoms with Crippen molar-refractivity contribution in [1.82, 2.24) is 4.90 Å². The lowest BCUT2D eigenvalue weighted by Crippen LogP contribution is -2.28. The third-order valence-corrected chi connectivity index (χ3v) is 2.61. The molecule has 0 aromatic heterocycles. The van der Waals surface area contributed by atoms with E-state index in [1.54, 1.807) is 0 Å². The maximum atomic E-state index is 11.0. The molecule has 0 N–H and O–H groups in total. The SMILES string of the molecule is C=CC(=O)OCCN(CCC)Cc1ccccc1. The first-order valence-corrected chi connectivity index (χ1v) is 6.31. The van der Waals surface area contributed by atoms with Gasteiger partial charge >= 0.3 is 5.97 Å². The Morgan fingerprint density at radius 3 is 2.67 bits per heavy atom. The van der Waals surface area contributed by atoms with Crippen LogP contribution in [-0.4, -0.2) is 30.6 Å². The van der Waals surface area contributed by atoms with Crippen LogP contribution in [0.4, 0.5) is 0 Å². The minimum Gasteiger partial charge on any atom is -0.461 e. The number of hydrogen-bond donors (Lipinski definition) is 0. The van der Waals surface area contributed by atoms with Crippen LogP contribution in [0.2, 0.25) is 0 Å². The van der Waals surface area contributed by atoms with Gasteiger partial charge in [-0.3, -0.25) is 4.90 Å². The van der Waals surface area contributed by atoms with Gasteiger partial charge < -0.3 is 4.74 Å². The maximum absolute atomic E-state index is 11.0. The van der Waals surface area contributed by atoms with Crippen molar-refractivity contribution < 1.29 is 9.53 Å². The summed E-state index contributed by atoms with van der Waals surface area (Å²) >= 11 is 0. The Balaban J connectivity index is 2.39. The highest BCUT2D eigenvalue weighted by atomic mass is 16.5. The number of hydrogen-bond acceptors (Lipinski definition) is 3. The molecule has 0 aliphatic heterocycles. The van der Waals surface area contributed by atoms with Crippen molar-refractivity contribution in [2.45, 2.75) is 19.9 Å². The van der Waals surface area contributed by atoms with Gasteiger partial charge in [-0.1, -0.05) is 43.8 Å². The van der Waals surface area contributed by atoms with Crippen molar-refractivity contribution in [3.63, 3.8) is 0 Å². The van der Waals surface area contributed by atoms with Crippen molar-refractivity contribution >= 4 is 5.97 Å². The Bertz CT molecular complexity index is 362. The average Bonchev–Trinajstić information content (AvgIpc) is 2.40. The van der Waals surface area contributed by atoms with Crippen molar-refractivity contribution in [3.8, 4) is 0 Å². The molecule has 0 atom stereocenters. The van der Waals surface area contributed by atoms with Gasteiger partial charge in [-0.25, -0.2) is 4.79 Å². The number of ether oxygens (including phenoxy) is 1. The van der Waals surface area contributed by atoms with Gasteiger partial charge in [0, 0.05) is 19.2 Å². The average molecular weight is 247 g/mol. The first kappa shape index (κ1) is 14.5. The molecule has 1 rings (SSSR count). The standard InChI is InChI=1S/C15H21NO2/c1-3-10-16(11-12-18-15(17)4-2)13-14-8-6-5-7-9-14/h4-9H,2-3,10-13H2,1H3. The molecule has 98 valence electrons. The molecular formula is C15H21NO2. The van der Waals surface area contributed by atoms with Gasteiger partial charge in [0.25, 0.3) is 0 Å². The smallest absolute Gasteiger partial charge is 0.330 e. The van der Waals surface area contributed by atoms with Crippen LogP contribution in [0.5, 0.6) is 0 Å². The summed E-state index contributed by atoms with van der Waals surface area (Å²) in [4.78, 5) is 13.2. The molecule has 3 heteroatoms. The normalized spacial score (nSPS) is 10.3. The minimum absolute atomic E-state index is 0.355. The van der Waals surface area contributed by atoms with Gasteiger partial charge in [0.15, 0.2) is 0 Å². The lowest BCUT2D eigenvalue weighted by atomic mass is 10.2. The molecule has 0 unspecified atom stereocenters. The zero-order valence-electron chi connectivity index (χ0n) is 11.0. The Kier molecular flexibility index (Phi) is 6.81. The van der Waals surface area contributed by atoms with Crippen molar-refractivity contribution in [2.75, 3.05) is 19.7 Å². The van der Waals surface area contributed by atoms with Crippen LogP contribution in [0.15, 0.2) is 43.0 Å². The largest absolute Gasteiger partial charge is 0.461 e. The van der Waals surface area contributed by atoms with Crippen LogP contribution < -0.4 is 0 Å². The highest BCUT2D eigenvalue weighted by molar-refractivity contribution is 5.81. The second-order valence-electron chi connectivity index (χ2n) is 4.13. The molecule has 0 aliphatic carbocycles. The summed E-state index contributed by atoms with van der Waals surface area (Å²) in [5.41, 5.74) is 1.28. The fourth-order valence-corrected chi connectivity index (χ4v) is 1.76. The Morgan fingerprint density at radius 1 is 1.33 bits per heavy atom. The predicted molar refractivity (Wildman–Crippen MR) is 73.2 cm³/mol. The number of rotatable bonds is 8. The summed E-state index contributed by atoms with van der Waals surface area (Å²) in [5.74, 6) is -0.355. The fraction of sp³-hybridized carbons (Fsp3) is 0.400. The molecule has 0 fully saturated rings. The van der Waals surface area contributed by atoms with E-state index in [2.05, 4.69) is 30.5 Å². The predicted octanol–water partition coefficient (Wildman–Crippen LogP) is 2.63. The zero-order chi connectivity index (χ0) is 13.2. The lowest BCUT2D eigenvalue weighted by Gasteiger charge is -2.21. The number of nitrogens with zero attached hydrogens (tertiary/aromatic N) is 1. The first-order valence-electron chi connectivity index (χ1n) is 6.31. The summed E-state index contributed by atoms with van der Waals surface area (Å²) in [6.45, 7) is 8.58. The van der Waals surface area contributed by atoms with Gasteiger partial charge in [0.2, 0.25) is 0 Å². The van der Waals surface area contributed by atoms with E-state index in [4.69, 9.17) is 4.74 Å². The van der Waals surface area contributed by atoms with E-state index in [-0.39, 0.29) is 5.97 Å². The second kappa shape index (κ2) is 8.48. The number of carbonyl (C=O) groups excluding carboxylic acids is 1. The Hall–Kier alpha value is -1.61. The summed E-state index contributed by atoms with van der Waals surface area (Å²) in [7, 11) is 0. The maximum Gasteiger partial charge on any atom is 0.330 e. The fourth-order valence-electron chi connectivity index (χ4n) is 1.76. The minimum atomic E-state index is -0.355. The molecule has 0 radical (unpaired) electrons. The molecule has 0 bridgehead atoms. The number of benzene rings is 1. The van der Waals surface area contributed by atoms with Crippen LogP contribution in [0, 0.1) is 0 Å². The molecular weight excluding hydrogens is 226 g/mol. The van der Waals surface area contributed by atoms with E-state index in [0.29, 0.717) is 6.61 Å². The lowest BCUT2D eigenvalue weighted by molar-refractivity contribution is -0.138. The monoisotopic (exact) mass is 247 g/mol. The molecule has 18 heavy (non-hydrogen) atoms. The van der Waals surface area contributed by atoms with E-state index in [1.165, 1.54) is 11.6 Å². The Labute approximate surface area is 109 Å². The summed E-state index contributed by atoms with van der Waals surface area (Å²) < 4.78 is 5.01. The highest BCUT2D eigenvalue weighted by Gasteiger charge is 2.05. The molecule has 1 aromatic carbocycles. The van der Waals surface area contributed by atoms with Crippen molar-refractivity contribution in [2.24, 2.45) is 0 Å². The molecule has 3 nitrogen and oxygen atoms in total. The summed E-state index contributed by atoms with van der Waals surface area (Å²) in [6, 6.07) is 10.3. The number of carbonyl (C=O) groups is 1. The quantitative estimate of drug-likeness (QED) is 0.522. The third kappa shape index (κ3) is 5.64. The van der Waals surface area contributed by atoms with Gasteiger partial charge in [-0.05, 0) is 18.5 Å². The summed E-state index contributed by atoms with van der Waals surface area (Å²) in [6.07, 6.45) is 2.28. The molecule has 0 aliphatic rings. The third-order valence-electron chi connectivity index (χ3n) is 2.61. The number of esters is 1. The van der Waals surface area contributed by atoms with Crippen molar-refractivity contribution in [1.29, 1.82) is 0 Å². The topological polar surface area (TPSA) is 29.5 Å². The van der Waals surface area contributed by atoms with E-state index < -0.39 is 0 Å². The van der Waals surface area contributed by atoms with Gasteiger partial charge in [-0.2, -0.15) is 0 Å². The Morgan fingerprint density at radius 2 is 2.06 bits per heavy atom. The van der Waals surface area contributed by atoms with Crippen LogP contribution >= 0.6 is 0 Å². The van der Waals surface area contributed by atoms with Gasteiger partial charge in [0.1, 0.15) is 6.61 Å². The molecule has 0 saturated heterocycles. The zero-order valence-corrected chi connectivity index (χ0v) is 11.0. The molecule has 0 heterocycles. The summed E-state index contributed by atoms with van der Waals surface area (Å²) in [5, 5.41) is 0. The van der Waals surface area contributed by atoms with Crippen LogP contribution in [0.25, 0.3) is 0 Å². The van der Waals surface area contributed by atoms with Gasteiger partial charge in [-0.15, -0.1) is 0 Å². The van der Waals surface area contributed by atoms with E-state index >= 15 is 0 Å². The van der Waals surface area contributed by atoms with E-state index in [1.807, 2.05) is 18.2 Å². The molecule has 0 saturated carbocycles. The molecule has 0 amide bonds. The van der Waals surface area contributed by atoms with Crippen molar-refractivity contribution in [3.05, 3.63) is 48.6 Å². The molecule has 1 aromatic rings. The highest BCUT2D eigenvalue weighted by Crippen LogP contribution is 2.04. The van der Waals surface area contributed by atoms with Crippen LogP contribution in [0.3, 0.4) is 0 Å². The van der Waals surface area contributed by atoms with Crippen LogP contribution in [-0.2, 0) is 16.1 Å². The van der Waals surface area contributed by atoms with Gasteiger partial charge in [0.05, 0.1) is 0 Å².